The molecule has 2 aromatic carbocycles. The Bertz CT molecular complexity index is 865. The number of anilines is 1. The maximum atomic E-state index is 5.99. The fourth-order valence-electron chi connectivity index (χ4n) is 3.71. The van der Waals surface area contributed by atoms with Crippen LogP contribution in [0.2, 0.25) is 0 Å². The largest absolute Gasteiger partial charge is 0.492 e. The highest BCUT2D eigenvalue weighted by Gasteiger charge is 2.11. The van der Waals surface area contributed by atoms with Crippen LogP contribution in [0, 0.1) is 6.92 Å². The Morgan fingerprint density at radius 3 is 2.85 bits per heavy atom. The molecule has 0 aliphatic carbocycles. The summed E-state index contributed by atoms with van der Waals surface area (Å²) in [6.45, 7) is 7.15. The Balaban J connectivity index is 1.34. The highest BCUT2D eigenvalue weighted by Crippen LogP contribution is 2.23. The Hall–Kier alpha value is -2.46. The molecule has 1 aliphatic heterocycles. The maximum absolute atomic E-state index is 5.99. The second-order valence-corrected chi connectivity index (χ2v) is 7.09. The van der Waals surface area contributed by atoms with Gasteiger partial charge in [-0.05, 0) is 73.6 Å². The lowest BCUT2D eigenvalue weighted by Crippen LogP contribution is -2.25. The van der Waals surface area contributed by atoms with Crippen LogP contribution in [0.15, 0.2) is 48.7 Å². The van der Waals surface area contributed by atoms with Crippen LogP contribution in [0.25, 0.3) is 10.9 Å². The van der Waals surface area contributed by atoms with Gasteiger partial charge in [-0.1, -0.05) is 18.2 Å². The highest BCUT2D eigenvalue weighted by atomic mass is 16.5. The van der Waals surface area contributed by atoms with Crippen molar-refractivity contribution in [3.63, 3.8) is 0 Å². The lowest BCUT2D eigenvalue weighted by atomic mass is 10.1. The molecule has 2 heterocycles. The van der Waals surface area contributed by atoms with Gasteiger partial charge < -0.3 is 15.0 Å². The van der Waals surface area contributed by atoms with Crippen LogP contribution in [0.3, 0.4) is 0 Å². The molecule has 1 saturated heterocycles. The van der Waals surface area contributed by atoms with E-state index in [4.69, 9.17) is 4.74 Å². The summed E-state index contributed by atoms with van der Waals surface area (Å²) in [5, 5.41) is 4.78. The zero-order chi connectivity index (χ0) is 17.8. The van der Waals surface area contributed by atoms with Crippen LogP contribution in [0.1, 0.15) is 24.0 Å². The first kappa shape index (κ1) is 17.0. The van der Waals surface area contributed by atoms with Gasteiger partial charge >= 0.3 is 0 Å². The molecule has 0 spiro atoms. The number of H-pyrrole nitrogens is 1. The number of aryl methyl sites for hydroxylation is 1. The van der Waals surface area contributed by atoms with Crippen molar-refractivity contribution in [3.05, 3.63) is 59.8 Å². The minimum Gasteiger partial charge on any atom is -0.492 e. The molecule has 1 aromatic heterocycles. The number of benzene rings is 2. The third-order valence-corrected chi connectivity index (χ3v) is 5.20. The van der Waals surface area contributed by atoms with Crippen LogP contribution in [0.5, 0.6) is 5.75 Å². The molecule has 1 aliphatic rings. The molecule has 0 saturated carbocycles. The first-order chi connectivity index (χ1) is 12.8. The molecule has 4 rings (SSSR count). The van der Waals surface area contributed by atoms with E-state index in [0.29, 0.717) is 0 Å². The molecule has 0 unspecified atom stereocenters. The van der Waals surface area contributed by atoms with E-state index in [0.717, 1.165) is 31.1 Å². The summed E-state index contributed by atoms with van der Waals surface area (Å²) in [6.07, 6.45) is 4.65. The molecular formula is C22H27N3O. The molecule has 26 heavy (non-hydrogen) atoms. The van der Waals surface area contributed by atoms with Crippen LogP contribution >= 0.6 is 0 Å². The number of ether oxygens (including phenoxy) is 1. The SMILES string of the molecule is Cc1cc(NCc2cccc3cc[nH]c23)ccc1OCCN1CCCC1. The van der Waals surface area contributed by atoms with Crippen molar-refractivity contribution in [3.8, 4) is 5.75 Å². The van der Waals surface area contributed by atoms with Crippen LogP contribution in [0.4, 0.5) is 5.69 Å². The van der Waals surface area contributed by atoms with Gasteiger partial charge in [-0.3, -0.25) is 4.90 Å². The summed E-state index contributed by atoms with van der Waals surface area (Å²) < 4.78 is 5.99. The average molecular weight is 349 g/mol. The number of aromatic nitrogens is 1. The van der Waals surface area contributed by atoms with Gasteiger partial charge in [-0.25, -0.2) is 0 Å². The lowest BCUT2D eigenvalue weighted by molar-refractivity contribution is 0.237. The maximum Gasteiger partial charge on any atom is 0.122 e. The fourth-order valence-corrected chi connectivity index (χ4v) is 3.71. The minimum absolute atomic E-state index is 0.766. The normalized spacial score (nSPS) is 14.8. The predicted molar refractivity (Wildman–Crippen MR) is 108 cm³/mol. The third-order valence-electron chi connectivity index (χ3n) is 5.20. The van der Waals surface area contributed by atoms with E-state index in [9.17, 15) is 0 Å². The van der Waals surface area contributed by atoms with E-state index in [1.807, 2.05) is 6.20 Å². The van der Waals surface area contributed by atoms with Gasteiger partial charge in [0, 0.05) is 25.0 Å². The van der Waals surface area contributed by atoms with Crippen molar-refractivity contribution in [2.45, 2.75) is 26.3 Å². The van der Waals surface area contributed by atoms with Crippen molar-refractivity contribution in [1.82, 2.24) is 9.88 Å². The summed E-state index contributed by atoms with van der Waals surface area (Å²) in [5.41, 5.74) is 4.78. The molecule has 1 fully saturated rings. The topological polar surface area (TPSA) is 40.3 Å². The quantitative estimate of drug-likeness (QED) is 0.657. The first-order valence-electron chi connectivity index (χ1n) is 9.54. The molecule has 0 atom stereocenters. The lowest BCUT2D eigenvalue weighted by Gasteiger charge is -2.16. The van der Waals surface area contributed by atoms with Crippen LogP contribution in [-0.2, 0) is 6.54 Å². The molecule has 0 radical (unpaired) electrons. The number of hydrogen-bond acceptors (Lipinski definition) is 3. The summed E-state index contributed by atoms with van der Waals surface area (Å²) in [6, 6.07) is 14.9. The first-order valence-corrected chi connectivity index (χ1v) is 9.54. The van der Waals surface area contributed by atoms with Gasteiger partial charge in [0.15, 0.2) is 0 Å². The van der Waals surface area contributed by atoms with Gasteiger partial charge in [0.2, 0.25) is 0 Å². The number of aromatic amines is 1. The monoisotopic (exact) mass is 349 g/mol. The third kappa shape index (κ3) is 3.86. The van der Waals surface area contributed by atoms with Gasteiger partial charge in [0.05, 0.1) is 5.52 Å². The van der Waals surface area contributed by atoms with Gasteiger partial charge in [0.25, 0.3) is 0 Å². The zero-order valence-electron chi connectivity index (χ0n) is 15.4. The number of nitrogens with one attached hydrogen (secondary N) is 2. The van der Waals surface area contributed by atoms with Crippen molar-refractivity contribution in [2.24, 2.45) is 0 Å². The van der Waals surface area contributed by atoms with Crippen molar-refractivity contribution < 1.29 is 4.74 Å². The second kappa shape index (κ2) is 7.83. The van der Waals surface area contributed by atoms with E-state index in [-0.39, 0.29) is 0 Å². The number of para-hydroxylation sites is 1. The average Bonchev–Trinajstić information content (AvgIpc) is 3.33. The van der Waals surface area contributed by atoms with Gasteiger partial charge in [0.1, 0.15) is 12.4 Å². The second-order valence-electron chi connectivity index (χ2n) is 7.09. The van der Waals surface area contributed by atoms with Crippen molar-refractivity contribution in [2.75, 3.05) is 31.6 Å². The number of rotatable bonds is 7. The molecular weight excluding hydrogens is 322 g/mol. The molecule has 0 bridgehead atoms. The number of hydrogen-bond donors (Lipinski definition) is 2. The van der Waals surface area contributed by atoms with E-state index in [2.05, 4.69) is 64.6 Å². The Morgan fingerprint density at radius 1 is 1.12 bits per heavy atom. The van der Waals surface area contributed by atoms with Crippen LogP contribution < -0.4 is 10.1 Å². The van der Waals surface area contributed by atoms with E-state index >= 15 is 0 Å². The van der Waals surface area contributed by atoms with Gasteiger partial charge in [-0.2, -0.15) is 0 Å². The van der Waals surface area contributed by atoms with Gasteiger partial charge in [-0.15, -0.1) is 0 Å². The minimum atomic E-state index is 0.766. The molecule has 2 N–H and O–H groups in total. The van der Waals surface area contributed by atoms with Crippen molar-refractivity contribution in [1.29, 1.82) is 0 Å². The summed E-state index contributed by atoms with van der Waals surface area (Å²) in [4.78, 5) is 5.81. The predicted octanol–water partition coefficient (Wildman–Crippen LogP) is 4.56. The van der Waals surface area contributed by atoms with E-state index < -0.39 is 0 Å². The molecule has 0 amide bonds. The summed E-state index contributed by atoms with van der Waals surface area (Å²) in [7, 11) is 0. The number of fused-ring (bicyclic) bond motifs is 1. The summed E-state index contributed by atoms with van der Waals surface area (Å²) >= 11 is 0. The number of nitrogens with zero attached hydrogens (tertiary/aromatic N) is 1. The summed E-state index contributed by atoms with van der Waals surface area (Å²) in [5.74, 6) is 0.987. The van der Waals surface area contributed by atoms with Crippen LogP contribution in [-0.4, -0.2) is 36.1 Å². The Morgan fingerprint density at radius 2 is 2.00 bits per heavy atom. The van der Waals surface area contributed by atoms with Crippen molar-refractivity contribution >= 4 is 16.6 Å². The standard InChI is InChI=1S/C22H27N3O/c1-17-15-20(7-8-21(17)26-14-13-25-11-2-3-12-25)24-16-19-6-4-5-18-9-10-23-22(18)19/h4-10,15,23-24H,2-3,11-14,16H2,1H3. The highest BCUT2D eigenvalue weighted by molar-refractivity contribution is 5.82. The number of likely N-dealkylation sites (tertiary alicyclic amines) is 1. The fraction of sp³-hybridized carbons (Fsp3) is 0.364. The molecule has 4 nitrogen and oxygen atoms in total. The molecule has 3 aromatic rings. The zero-order valence-corrected chi connectivity index (χ0v) is 15.4. The smallest absolute Gasteiger partial charge is 0.122 e. The Labute approximate surface area is 155 Å². The van der Waals surface area contributed by atoms with E-state index in [1.165, 1.54) is 48.0 Å². The molecule has 4 heteroatoms. The van der Waals surface area contributed by atoms with E-state index in [1.54, 1.807) is 0 Å². The molecule has 136 valence electrons. The Kier molecular flexibility index (Phi) is 5.12.